The minimum atomic E-state index is -4.26. The molecule has 0 saturated heterocycles. The van der Waals surface area contributed by atoms with Crippen molar-refractivity contribution >= 4 is 5.71 Å². The number of halogens is 3. The summed E-state index contributed by atoms with van der Waals surface area (Å²) in [6.07, 6.45) is -2.18. The Morgan fingerprint density at radius 1 is 0.867 bits per heavy atom. The van der Waals surface area contributed by atoms with Crippen LogP contribution in [0.5, 0.6) is 0 Å². The molecule has 1 aliphatic carbocycles. The van der Waals surface area contributed by atoms with Gasteiger partial charge in [0.1, 0.15) is 0 Å². The minimum Gasteiger partial charge on any atom is -0.276 e. The normalized spacial score (nSPS) is 26.1. The second-order valence-corrected chi connectivity index (χ2v) is 9.70. The Kier molecular flexibility index (Phi) is 4.91. The van der Waals surface area contributed by atoms with Gasteiger partial charge in [0.15, 0.2) is 0 Å². The first-order chi connectivity index (χ1) is 13.9. The summed E-state index contributed by atoms with van der Waals surface area (Å²) in [4.78, 5) is 5.07. The van der Waals surface area contributed by atoms with Gasteiger partial charge < -0.3 is 0 Å². The van der Waals surface area contributed by atoms with Gasteiger partial charge in [0.25, 0.3) is 0 Å². The average molecular weight is 414 g/mol. The van der Waals surface area contributed by atoms with Gasteiger partial charge in [-0.2, -0.15) is 13.2 Å². The number of fused-ring (bicyclic) bond motifs is 3. The molecule has 2 aromatic rings. The van der Waals surface area contributed by atoms with Gasteiger partial charge in [-0.25, -0.2) is 0 Å². The topological polar surface area (TPSA) is 12.4 Å². The van der Waals surface area contributed by atoms with E-state index in [-0.39, 0.29) is 0 Å². The highest BCUT2D eigenvalue weighted by Crippen LogP contribution is 2.57. The highest BCUT2D eigenvalue weighted by molar-refractivity contribution is 6.15. The van der Waals surface area contributed by atoms with E-state index in [4.69, 9.17) is 4.99 Å². The van der Waals surface area contributed by atoms with Gasteiger partial charge in [-0.15, -0.1) is 0 Å². The summed E-state index contributed by atoms with van der Waals surface area (Å²) in [5.41, 5.74) is 6.37. The third-order valence-electron chi connectivity index (χ3n) is 7.14. The highest BCUT2D eigenvalue weighted by atomic mass is 19.4. The third-order valence-corrected chi connectivity index (χ3v) is 7.14. The van der Waals surface area contributed by atoms with E-state index >= 15 is 0 Å². The number of benzene rings is 2. The Morgan fingerprint density at radius 3 is 2.10 bits per heavy atom. The van der Waals surface area contributed by atoms with E-state index in [0.717, 1.165) is 63.9 Å². The fourth-order valence-corrected chi connectivity index (χ4v) is 6.09. The number of hydrogen-bond acceptors (Lipinski definition) is 1. The minimum absolute atomic E-state index is 0.476. The number of aryl methyl sites for hydroxylation is 4. The molecule has 4 rings (SSSR count). The zero-order chi connectivity index (χ0) is 21.9. The molecule has 30 heavy (non-hydrogen) atoms. The van der Waals surface area contributed by atoms with E-state index in [1.54, 1.807) is 0 Å². The lowest BCUT2D eigenvalue weighted by Crippen LogP contribution is -2.56. The molecular formula is C26H30F3N. The van der Waals surface area contributed by atoms with E-state index in [9.17, 15) is 13.2 Å². The molecule has 1 nitrogen and oxygen atoms in total. The van der Waals surface area contributed by atoms with Crippen molar-refractivity contribution in [3.8, 4) is 0 Å². The van der Waals surface area contributed by atoms with Crippen molar-refractivity contribution in [2.24, 2.45) is 4.99 Å². The molecule has 160 valence electrons. The molecule has 0 aromatic heterocycles. The zero-order valence-corrected chi connectivity index (χ0v) is 18.5. The van der Waals surface area contributed by atoms with Gasteiger partial charge in [-0.05, 0) is 69.9 Å². The van der Waals surface area contributed by atoms with Crippen LogP contribution in [0, 0.1) is 27.7 Å². The SMILES string of the molecule is Cc1cc(C)cc(C2=N[C@@]3(CC(F)(F)F)CCCC[C@@]3(C)c3c(C)cc(C)cc32)c1. The van der Waals surface area contributed by atoms with Crippen molar-refractivity contribution in [1.29, 1.82) is 0 Å². The molecule has 1 fully saturated rings. The number of hydrogen-bond donors (Lipinski definition) is 0. The molecule has 1 aliphatic heterocycles. The van der Waals surface area contributed by atoms with Crippen molar-refractivity contribution in [1.82, 2.24) is 0 Å². The third kappa shape index (κ3) is 3.38. The van der Waals surface area contributed by atoms with Crippen molar-refractivity contribution in [3.05, 3.63) is 69.3 Å². The van der Waals surface area contributed by atoms with Crippen LogP contribution in [0.4, 0.5) is 13.2 Å². The Bertz CT molecular complexity index is 1010. The standard InChI is InChI=1S/C26H30F3N/c1-16-10-17(2)13-20(12-16)23-21-14-18(3)11-19(4)22(21)24(5)8-6-7-9-25(24,30-23)15-26(27,28)29/h10-14H,6-9,15H2,1-5H3/t24-,25+/m0/s1. The maximum Gasteiger partial charge on any atom is 0.391 e. The molecule has 0 N–H and O–H groups in total. The van der Waals surface area contributed by atoms with E-state index in [1.807, 2.05) is 27.7 Å². The molecule has 2 aromatic carbocycles. The van der Waals surface area contributed by atoms with Gasteiger partial charge in [0.05, 0.1) is 17.7 Å². The van der Waals surface area contributed by atoms with Crippen molar-refractivity contribution in [2.45, 2.75) is 83.9 Å². The van der Waals surface area contributed by atoms with Crippen LogP contribution < -0.4 is 0 Å². The molecule has 0 unspecified atom stereocenters. The molecule has 0 bridgehead atoms. The number of nitrogens with zero attached hydrogens (tertiary/aromatic N) is 1. The summed E-state index contributed by atoms with van der Waals surface area (Å²) in [5.74, 6) is 0. The van der Waals surface area contributed by atoms with Crippen LogP contribution in [0.25, 0.3) is 0 Å². The average Bonchev–Trinajstić information content (AvgIpc) is 2.59. The van der Waals surface area contributed by atoms with Crippen LogP contribution in [0.3, 0.4) is 0 Å². The quantitative estimate of drug-likeness (QED) is 0.490. The zero-order valence-electron chi connectivity index (χ0n) is 18.5. The molecule has 0 radical (unpaired) electrons. The van der Waals surface area contributed by atoms with Gasteiger partial charge in [-0.1, -0.05) is 48.6 Å². The van der Waals surface area contributed by atoms with Crippen LogP contribution in [0.15, 0.2) is 35.3 Å². The summed E-state index contributed by atoms with van der Waals surface area (Å²) in [6.45, 7) is 10.2. The van der Waals surface area contributed by atoms with E-state index in [0.29, 0.717) is 6.42 Å². The van der Waals surface area contributed by atoms with Gasteiger partial charge in [0.2, 0.25) is 0 Å². The Labute approximate surface area is 177 Å². The molecule has 0 amide bonds. The monoisotopic (exact) mass is 413 g/mol. The van der Waals surface area contributed by atoms with E-state index < -0.39 is 23.6 Å². The van der Waals surface area contributed by atoms with Gasteiger partial charge in [0, 0.05) is 16.5 Å². The second-order valence-electron chi connectivity index (χ2n) is 9.70. The maximum atomic E-state index is 13.9. The summed E-state index contributed by atoms with van der Waals surface area (Å²) in [6, 6.07) is 10.4. The van der Waals surface area contributed by atoms with Crippen molar-refractivity contribution in [2.75, 3.05) is 0 Å². The first kappa shape index (κ1) is 21.1. The van der Waals surface area contributed by atoms with Crippen LogP contribution in [0.2, 0.25) is 0 Å². The fourth-order valence-electron chi connectivity index (χ4n) is 6.09. The van der Waals surface area contributed by atoms with Crippen molar-refractivity contribution in [3.63, 3.8) is 0 Å². The molecule has 2 atom stereocenters. The van der Waals surface area contributed by atoms with Crippen molar-refractivity contribution < 1.29 is 13.2 Å². The van der Waals surface area contributed by atoms with Crippen LogP contribution in [-0.2, 0) is 5.41 Å². The van der Waals surface area contributed by atoms with E-state index in [1.165, 1.54) is 0 Å². The van der Waals surface area contributed by atoms with Crippen LogP contribution >= 0.6 is 0 Å². The predicted molar refractivity (Wildman–Crippen MR) is 117 cm³/mol. The molecule has 4 heteroatoms. The molecule has 0 spiro atoms. The van der Waals surface area contributed by atoms with Crippen LogP contribution in [-0.4, -0.2) is 17.4 Å². The first-order valence-corrected chi connectivity index (χ1v) is 10.8. The lowest BCUT2D eigenvalue weighted by Gasteiger charge is -2.54. The van der Waals surface area contributed by atoms with Gasteiger partial charge in [-0.3, -0.25) is 4.99 Å². The maximum absolute atomic E-state index is 13.9. The van der Waals surface area contributed by atoms with Gasteiger partial charge >= 0.3 is 6.18 Å². The summed E-state index contributed by atoms with van der Waals surface area (Å²) in [7, 11) is 0. The Hall–Kier alpha value is -2.10. The molecule has 2 aliphatic rings. The number of alkyl halides is 3. The lowest BCUT2D eigenvalue weighted by molar-refractivity contribution is -0.156. The fraction of sp³-hybridized carbons (Fsp3) is 0.500. The Morgan fingerprint density at radius 2 is 1.47 bits per heavy atom. The predicted octanol–water partition coefficient (Wildman–Crippen LogP) is 7.29. The smallest absolute Gasteiger partial charge is 0.276 e. The van der Waals surface area contributed by atoms with Crippen LogP contribution in [0.1, 0.15) is 78.0 Å². The largest absolute Gasteiger partial charge is 0.391 e. The molecular weight excluding hydrogens is 383 g/mol. The number of aliphatic imine (C=N–C) groups is 1. The summed E-state index contributed by atoms with van der Waals surface area (Å²) >= 11 is 0. The summed E-state index contributed by atoms with van der Waals surface area (Å²) < 4.78 is 41.7. The number of rotatable bonds is 2. The second kappa shape index (κ2) is 6.96. The first-order valence-electron chi connectivity index (χ1n) is 10.8. The lowest BCUT2D eigenvalue weighted by atomic mass is 9.54. The molecule has 1 heterocycles. The highest BCUT2D eigenvalue weighted by Gasteiger charge is 2.58. The Balaban J connectivity index is 2.07. The van der Waals surface area contributed by atoms with E-state index in [2.05, 4.69) is 37.3 Å². The molecule has 1 saturated carbocycles. The summed E-state index contributed by atoms with van der Waals surface area (Å²) in [5, 5.41) is 0.